The van der Waals surface area contributed by atoms with Crippen LogP contribution in [0.25, 0.3) is 0 Å². The van der Waals surface area contributed by atoms with E-state index >= 15 is 0 Å². The third kappa shape index (κ3) is 3.77. The minimum absolute atomic E-state index is 0.0803. The van der Waals surface area contributed by atoms with Crippen LogP contribution in [0.3, 0.4) is 0 Å². The summed E-state index contributed by atoms with van der Waals surface area (Å²) in [4.78, 5) is 0. The maximum absolute atomic E-state index is 11.5. The average molecular weight is 218 g/mol. The molecule has 0 aromatic carbocycles. The molecule has 0 aromatic rings. The summed E-state index contributed by atoms with van der Waals surface area (Å²) in [5.74, 6) is 0. The molecule has 1 heterocycles. The first kappa shape index (κ1) is 12.3. The van der Waals surface area contributed by atoms with Gasteiger partial charge in [0, 0.05) is 19.8 Å². The van der Waals surface area contributed by atoms with Gasteiger partial charge in [-0.2, -0.15) is 0 Å². The molecule has 0 radical (unpaired) electrons. The van der Waals surface area contributed by atoms with Crippen LogP contribution in [0, 0.1) is 0 Å². The smallest absolute Gasteiger partial charge is 0.216 e. The summed E-state index contributed by atoms with van der Waals surface area (Å²) in [6.07, 6.45) is 0.619. The lowest BCUT2D eigenvalue weighted by molar-refractivity contribution is -0.00895. The molecule has 1 rings (SSSR count). The molecular weight excluding hydrogens is 201 g/mol. The maximum atomic E-state index is 11.5. The van der Waals surface area contributed by atoms with Gasteiger partial charge in [0.15, 0.2) is 0 Å². The van der Waals surface area contributed by atoms with Crippen molar-refractivity contribution in [2.45, 2.75) is 24.6 Å². The molecule has 1 aliphatic rings. The van der Waals surface area contributed by atoms with Crippen molar-refractivity contribution in [3.8, 4) is 0 Å². The molecule has 0 aliphatic carbocycles. The number of hydrogen-bond donors (Lipinski definition) is 0. The maximum Gasteiger partial charge on any atom is 0.216 e. The highest BCUT2D eigenvalue weighted by atomic mass is 31.2. The van der Waals surface area contributed by atoms with E-state index in [1.165, 1.54) is 0 Å². The normalized spacial score (nSPS) is 36.9. The Labute approximate surface area is 86.9 Å². The molecule has 0 bridgehead atoms. The Morgan fingerprint density at radius 2 is 2.29 bits per heavy atom. The minimum atomic E-state index is -2.44. The zero-order chi connectivity index (χ0) is 10.8. The van der Waals surface area contributed by atoms with Crippen molar-refractivity contribution in [2.75, 3.05) is 20.4 Å². The Kier molecular flexibility index (Phi) is 4.26. The molecule has 0 spiro atoms. The molecule has 0 saturated carbocycles. The van der Waals surface area contributed by atoms with Gasteiger partial charge in [0.1, 0.15) is 21.2 Å². The van der Waals surface area contributed by atoms with Gasteiger partial charge in [-0.3, -0.25) is 0 Å². The van der Waals surface area contributed by atoms with Crippen LogP contribution < -0.4 is 0 Å². The van der Waals surface area contributed by atoms with Crippen molar-refractivity contribution in [3.05, 3.63) is 0 Å². The van der Waals surface area contributed by atoms with Crippen LogP contribution in [-0.2, 0) is 18.6 Å². The van der Waals surface area contributed by atoms with Crippen LogP contribution in [0.15, 0.2) is 0 Å². The number of methoxy groups -OCH3 is 1. The van der Waals surface area contributed by atoms with Gasteiger partial charge in [-0.15, -0.1) is 0 Å². The second kappa shape index (κ2) is 4.84. The summed E-state index contributed by atoms with van der Waals surface area (Å²) in [5, 5.41) is 0. The van der Waals surface area contributed by atoms with E-state index in [9.17, 15) is 4.57 Å². The van der Waals surface area contributed by atoms with Crippen LogP contribution in [0.5, 0.6) is 0 Å². The molecule has 0 aromatic heterocycles. The van der Waals surface area contributed by atoms with Crippen molar-refractivity contribution in [3.63, 3.8) is 0 Å². The number of hydrogen-bond acceptors (Lipinski definition) is 4. The van der Waals surface area contributed by atoms with E-state index in [1.54, 1.807) is 21.3 Å². The highest BCUT2D eigenvalue weighted by molar-refractivity contribution is 7.82. The molecular formula is C7H17B2O4P. The molecule has 4 atom stereocenters. The Morgan fingerprint density at radius 3 is 2.79 bits per heavy atom. The van der Waals surface area contributed by atoms with Crippen LogP contribution in [0.1, 0.15) is 6.42 Å². The molecule has 1 saturated heterocycles. The van der Waals surface area contributed by atoms with Crippen LogP contribution in [0.4, 0.5) is 0 Å². The standard InChI is InChI=1S/C7H17B2O4P/c1-11-4-6-5(3-7(8)12-6)13-14(2,9)10/h5-7H,3-4,8-9H2,1-2H3/t5-,6-,7-,14?/m1/s1. The quantitative estimate of drug-likeness (QED) is 0.458. The van der Waals surface area contributed by atoms with E-state index in [0.29, 0.717) is 6.61 Å². The summed E-state index contributed by atoms with van der Waals surface area (Å²) in [6.45, 7) is 2.12. The zero-order valence-electron chi connectivity index (χ0n) is 9.23. The second-order valence-electron chi connectivity index (χ2n) is 4.07. The van der Waals surface area contributed by atoms with E-state index < -0.39 is 7.25 Å². The Morgan fingerprint density at radius 1 is 1.64 bits per heavy atom. The van der Waals surface area contributed by atoms with Gasteiger partial charge in [-0.05, 0) is 6.42 Å². The molecule has 1 unspecified atom stereocenters. The summed E-state index contributed by atoms with van der Waals surface area (Å²) >= 11 is 0. The van der Waals surface area contributed by atoms with Crippen LogP contribution in [-0.4, -0.2) is 54.0 Å². The molecule has 1 aliphatic heterocycles. The summed E-state index contributed by atoms with van der Waals surface area (Å²) in [6, 6.07) is 0.159. The monoisotopic (exact) mass is 218 g/mol. The first-order chi connectivity index (χ1) is 6.42. The van der Waals surface area contributed by atoms with Gasteiger partial charge in [0.25, 0.3) is 0 Å². The van der Waals surface area contributed by atoms with Crippen molar-refractivity contribution in [2.24, 2.45) is 0 Å². The summed E-state index contributed by atoms with van der Waals surface area (Å²) < 4.78 is 27.6. The molecule has 0 amide bonds. The molecule has 7 heteroatoms. The second-order valence-corrected chi connectivity index (χ2v) is 6.79. The fraction of sp³-hybridized carbons (Fsp3) is 1.00. The van der Waals surface area contributed by atoms with Crippen molar-refractivity contribution >= 4 is 22.7 Å². The van der Waals surface area contributed by atoms with Gasteiger partial charge in [-0.25, -0.2) is 0 Å². The summed E-state index contributed by atoms with van der Waals surface area (Å²) in [7, 11) is 2.80. The lowest BCUT2D eigenvalue weighted by Crippen LogP contribution is -2.28. The molecule has 1 fully saturated rings. The molecule has 4 nitrogen and oxygen atoms in total. The Hall–Kier alpha value is 0.240. The van der Waals surface area contributed by atoms with Gasteiger partial charge >= 0.3 is 0 Å². The van der Waals surface area contributed by atoms with E-state index in [0.717, 1.165) is 6.42 Å². The fourth-order valence-electron chi connectivity index (χ4n) is 1.67. The third-order valence-electron chi connectivity index (χ3n) is 2.11. The average Bonchev–Trinajstić information content (AvgIpc) is 2.28. The third-order valence-corrected chi connectivity index (χ3v) is 2.88. The van der Waals surface area contributed by atoms with Crippen molar-refractivity contribution in [1.82, 2.24) is 0 Å². The first-order valence-electron chi connectivity index (χ1n) is 4.80. The van der Waals surface area contributed by atoms with Crippen molar-refractivity contribution in [1.29, 1.82) is 0 Å². The van der Waals surface area contributed by atoms with Crippen molar-refractivity contribution < 1.29 is 18.6 Å². The van der Waals surface area contributed by atoms with E-state index in [4.69, 9.17) is 14.0 Å². The Balaban J connectivity index is 2.53. The molecule has 0 N–H and O–H groups in total. The largest absolute Gasteiger partial charge is 0.382 e. The fourth-order valence-corrected chi connectivity index (χ4v) is 2.54. The van der Waals surface area contributed by atoms with E-state index in [-0.39, 0.29) is 18.2 Å². The van der Waals surface area contributed by atoms with Gasteiger partial charge in [0.05, 0.1) is 12.7 Å². The topological polar surface area (TPSA) is 44.8 Å². The predicted molar refractivity (Wildman–Crippen MR) is 60.6 cm³/mol. The minimum Gasteiger partial charge on any atom is -0.382 e. The summed E-state index contributed by atoms with van der Waals surface area (Å²) in [5.41, 5.74) is 0. The number of ether oxygens (including phenoxy) is 2. The van der Waals surface area contributed by atoms with Crippen LogP contribution in [0.2, 0.25) is 0 Å². The number of rotatable bonds is 4. The SMILES string of the molecule is B[C@H]1C[C@@H](OP(B)(C)=O)[C@@H](COC)O1. The lowest BCUT2D eigenvalue weighted by atomic mass is 9.96. The Bertz CT molecular complexity index is 232. The van der Waals surface area contributed by atoms with Gasteiger partial charge in [0.2, 0.25) is 7.57 Å². The van der Waals surface area contributed by atoms with E-state index in [1.807, 2.05) is 7.85 Å². The lowest BCUT2D eigenvalue weighted by Gasteiger charge is -2.20. The van der Waals surface area contributed by atoms with Gasteiger partial charge < -0.3 is 18.6 Å². The zero-order valence-corrected chi connectivity index (χ0v) is 10.1. The molecule has 80 valence electrons. The molecule has 14 heavy (non-hydrogen) atoms. The predicted octanol–water partition coefficient (Wildman–Crippen LogP) is -0.778. The van der Waals surface area contributed by atoms with Gasteiger partial charge in [-0.1, -0.05) is 0 Å². The first-order valence-corrected chi connectivity index (χ1v) is 7.32. The van der Waals surface area contributed by atoms with Crippen LogP contribution >= 0.6 is 7.25 Å². The van der Waals surface area contributed by atoms with E-state index in [2.05, 4.69) is 0 Å². The highest BCUT2D eigenvalue weighted by Gasteiger charge is 2.35. The highest BCUT2D eigenvalue weighted by Crippen LogP contribution is 2.41.